The zero-order valence-electron chi connectivity index (χ0n) is 9.17. The van der Waals surface area contributed by atoms with Gasteiger partial charge < -0.3 is 5.32 Å². The lowest BCUT2D eigenvalue weighted by atomic mass is 10.1. The minimum Gasteiger partial charge on any atom is -0.372 e. The largest absolute Gasteiger partial charge is 0.372 e. The highest BCUT2D eigenvalue weighted by Crippen LogP contribution is 2.11. The highest BCUT2D eigenvalue weighted by Gasteiger charge is 1.89. The number of unbranched alkanes of at least 4 members (excludes halogenated alkanes) is 2. The number of hydrogen-bond acceptors (Lipinski definition) is 1. The molecule has 0 spiro atoms. The van der Waals surface area contributed by atoms with Gasteiger partial charge in [-0.05, 0) is 24.1 Å². The van der Waals surface area contributed by atoms with Crippen LogP contribution in [0.25, 0.3) is 6.08 Å². The highest BCUT2D eigenvalue weighted by atomic mass is 35.5. The van der Waals surface area contributed by atoms with Gasteiger partial charge in [0.05, 0.1) is 6.00 Å². The van der Waals surface area contributed by atoms with Crippen LogP contribution in [0.1, 0.15) is 31.7 Å². The van der Waals surface area contributed by atoms with E-state index in [1.807, 2.05) is 12.1 Å². The topological polar surface area (TPSA) is 12.0 Å². The smallest absolute Gasteiger partial charge is 0.0901 e. The van der Waals surface area contributed by atoms with E-state index in [2.05, 4.69) is 36.5 Å². The van der Waals surface area contributed by atoms with E-state index in [0.29, 0.717) is 6.00 Å². The van der Waals surface area contributed by atoms with Crippen molar-refractivity contribution in [2.24, 2.45) is 0 Å². The number of hydrogen-bond donors (Lipinski definition) is 1. The van der Waals surface area contributed by atoms with Gasteiger partial charge >= 0.3 is 0 Å². The Morgan fingerprint density at radius 2 is 2.00 bits per heavy atom. The molecule has 15 heavy (non-hydrogen) atoms. The summed E-state index contributed by atoms with van der Waals surface area (Å²) >= 11 is 5.57. The van der Waals surface area contributed by atoms with Gasteiger partial charge in [0.2, 0.25) is 0 Å². The molecule has 0 aliphatic rings. The minimum atomic E-state index is 0.450. The van der Waals surface area contributed by atoms with E-state index in [1.54, 1.807) is 0 Å². The summed E-state index contributed by atoms with van der Waals surface area (Å²) in [6.45, 7) is 2.21. The molecule has 0 amide bonds. The van der Waals surface area contributed by atoms with Crippen LogP contribution in [-0.2, 0) is 0 Å². The molecular weight excluding hydrogens is 206 g/mol. The van der Waals surface area contributed by atoms with Crippen LogP contribution in [0.15, 0.2) is 30.3 Å². The molecule has 0 atom stereocenters. The Hall–Kier alpha value is -0.950. The molecule has 0 aliphatic carbocycles. The molecule has 0 saturated carbocycles. The van der Waals surface area contributed by atoms with Crippen molar-refractivity contribution >= 4 is 23.4 Å². The Balaban J connectivity index is 2.45. The fraction of sp³-hybridized carbons (Fsp3) is 0.385. The Morgan fingerprint density at radius 1 is 1.27 bits per heavy atom. The van der Waals surface area contributed by atoms with Gasteiger partial charge in [-0.3, -0.25) is 0 Å². The third-order valence-corrected chi connectivity index (χ3v) is 2.35. The number of alkyl halides is 1. The molecule has 0 aliphatic heterocycles. The zero-order valence-corrected chi connectivity index (χ0v) is 9.93. The standard InChI is InChI=1S/C13H18ClN/c1-2-3-4-5-6-12-7-9-13(10-8-12)15-11-14/h5-10,15H,2-4,11H2,1H3/b6-5-. The summed E-state index contributed by atoms with van der Waals surface area (Å²) in [5.41, 5.74) is 2.31. The molecule has 1 N–H and O–H groups in total. The average Bonchev–Trinajstić information content (AvgIpc) is 2.27. The predicted molar refractivity (Wildman–Crippen MR) is 69.3 cm³/mol. The second-order valence-corrected chi connectivity index (χ2v) is 3.74. The van der Waals surface area contributed by atoms with Crippen LogP contribution < -0.4 is 5.32 Å². The summed E-state index contributed by atoms with van der Waals surface area (Å²) in [6.07, 6.45) is 8.08. The van der Waals surface area contributed by atoms with Crippen LogP contribution in [0.4, 0.5) is 5.69 Å². The Morgan fingerprint density at radius 3 is 2.60 bits per heavy atom. The molecule has 2 heteroatoms. The van der Waals surface area contributed by atoms with E-state index in [4.69, 9.17) is 11.6 Å². The van der Waals surface area contributed by atoms with Crippen molar-refractivity contribution in [3.8, 4) is 0 Å². The summed E-state index contributed by atoms with van der Waals surface area (Å²) in [7, 11) is 0. The summed E-state index contributed by atoms with van der Waals surface area (Å²) in [6, 6.07) is 8.73. The molecule has 0 fully saturated rings. The van der Waals surface area contributed by atoms with Gasteiger partial charge in [0, 0.05) is 5.69 Å². The average molecular weight is 224 g/mol. The van der Waals surface area contributed by atoms with Crippen molar-refractivity contribution in [1.82, 2.24) is 0 Å². The van der Waals surface area contributed by atoms with Crippen LogP contribution in [0.5, 0.6) is 0 Å². The maximum Gasteiger partial charge on any atom is 0.0901 e. The third-order valence-electron chi connectivity index (χ3n) is 2.22. The van der Waals surface area contributed by atoms with E-state index in [-0.39, 0.29) is 0 Å². The number of allylic oxidation sites excluding steroid dienone is 1. The monoisotopic (exact) mass is 223 g/mol. The number of benzene rings is 1. The van der Waals surface area contributed by atoms with E-state index < -0.39 is 0 Å². The maximum atomic E-state index is 5.57. The van der Waals surface area contributed by atoms with Crippen molar-refractivity contribution in [2.45, 2.75) is 26.2 Å². The van der Waals surface area contributed by atoms with E-state index >= 15 is 0 Å². The third kappa shape index (κ3) is 4.89. The molecule has 1 rings (SSSR count). The fourth-order valence-corrected chi connectivity index (χ4v) is 1.48. The summed E-state index contributed by atoms with van der Waals surface area (Å²) in [5.74, 6) is 0. The Labute approximate surface area is 97.1 Å². The number of rotatable bonds is 6. The summed E-state index contributed by atoms with van der Waals surface area (Å²) in [5, 5.41) is 3.05. The lowest BCUT2D eigenvalue weighted by Crippen LogP contribution is -1.92. The lowest BCUT2D eigenvalue weighted by Gasteiger charge is -2.01. The van der Waals surface area contributed by atoms with Crippen molar-refractivity contribution in [1.29, 1.82) is 0 Å². The normalized spacial score (nSPS) is 10.8. The number of anilines is 1. The quantitative estimate of drug-likeness (QED) is 0.426. The second-order valence-electron chi connectivity index (χ2n) is 3.48. The number of halogens is 1. The fourth-order valence-electron chi connectivity index (χ4n) is 1.33. The first-order valence-corrected chi connectivity index (χ1v) is 5.96. The molecule has 0 saturated heterocycles. The first-order chi connectivity index (χ1) is 7.36. The zero-order chi connectivity index (χ0) is 10.9. The lowest BCUT2D eigenvalue weighted by molar-refractivity contribution is 0.816. The highest BCUT2D eigenvalue weighted by molar-refractivity contribution is 6.18. The summed E-state index contributed by atoms with van der Waals surface area (Å²) in [4.78, 5) is 0. The van der Waals surface area contributed by atoms with Gasteiger partial charge in [0.25, 0.3) is 0 Å². The van der Waals surface area contributed by atoms with Gasteiger partial charge in [-0.1, -0.05) is 44.1 Å². The molecule has 1 aromatic rings. The van der Waals surface area contributed by atoms with Crippen molar-refractivity contribution in [3.05, 3.63) is 35.9 Å². The van der Waals surface area contributed by atoms with Crippen LogP contribution >= 0.6 is 11.6 Å². The van der Waals surface area contributed by atoms with E-state index in [1.165, 1.54) is 18.4 Å². The van der Waals surface area contributed by atoms with Gasteiger partial charge in [-0.25, -0.2) is 0 Å². The molecule has 0 bridgehead atoms. The first-order valence-electron chi connectivity index (χ1n) is 5.43. The van der Waals surface area contributed by atoms with Gasteiger partial charge in [-0.15, -0.1) is 11.6 Å². The van der Waals surface area contributed by atoms with Crippen LogP contribution in [-0.4, -0.2) is 6.00 Å². The molecular formula is C13H18ClN. The van der Waals surface area contributed by atoms with E-state index in [0.717, 1.165) is 12.1 Å². The minimum absolute atomic E-state index is 0.450. The molecule has 0 radical (unpaired) electrons. The van der Waals surface area contributed by atoms with Crippen molar-refractivity contribution < 1.29 is 0 Å². The van der Waals surface area contributed by atoms with Crippen LogP contribution in [0.3, 0.4) is 0 Å². The molecule has 82 valence electrons. The molecule has 1 aromatic carbocycles. The van der Waals surface area contributed by atoms with Gasteiger partial charge in [-0.2, -0.15) is 0 Å². The van der Waals surface area contributed by atoms with Crippen molar-refractivity contribution in [2.75, 3.05) is 11.3 Å². The number of nitrogens with one attached hydrogen (secondary N) is 1. The molecule has 0 heterocycles. The van der Waals surface area contributed by atoms with Crippen molar-refractivity contribution in [3.63, 3.8) is 0 Å². The van der Waals surface area contributed by atoms with Crippen LogP contribution in [0, 0.1) is 0 Å². The second kappa shape index (κ2) is 7.36. The molecule has 0 aromatic heterocycles. The Bertz CT molecular complexity index is 290. The van der Waals surface area contributed by atoms with Gasteiger partial charge in [0.1, 0.15) is 0 Å². The SMILES string of the molecule is CCCC/C=C\c1ccc(NCCl)cc1. The molecule has 0 unspecified atom stereocenters. The maximum absolute atomic E-state index is 5.57. The van der Waals surface area contributed by atoms with Gasteiger partial charge in [0.15, 0.2) is 0 Å². The summed E-state index contributed by atoms with van der Waals surface area (Å²) < 4.78 is 0. The van der Waals surface area contributed by atoms with E-state index in [9.17, 15) is 0 Å². The van der Waals surface area contributed by atoms with Crippen LogP contribution in [0.2, 0.25) is 0 Å². The predicted octanol–water partition coefficient (Wildman–Crippen LogP) is 4.50. The first kappa shape index (κ1) is 12.1. The molecule has 1 nitrogen and oxygen atoms in total. The Kier molecular flexibility index (Phi) is 5.94.